The van der Waals surface area contributed by atoms with Gasteiger partial charge in [0.05, 0.1) is 11.3 Å². The van der Waals surface area contributed by atoms with Gasteiger partial charge in [0.15, 0.2) is 11.4 Å². The molecule has 1 unspecified atom stereocenters. The monoisotopic (exact) mass is 391 g/mol. The Morgan fingerprint density at radius 1 is 1.31 bits per heavy atom. The molecule has 4 rings (SSSR count). The summed E-state index contributed by atoms with van der Waals surface area (Å²) in [5, 5.41) is 11.6. The molecule has 26 heavy (non-hydrogen) atoms. The Morgan fingerprint density at radius 2 is 2.00 bits per heavy atom. The maximum absolute atomic E-state index is 12.8. The number of fused-ring (bicyclic) bond motifs is 2. The zero-order chi connectivity index (χ0) is 18.6. The molecule has 0 spiro atoms. The maximum atomic E-state index is 12.8. The molecule has 7 nitrogen and oxygen atoms in total. The Hall–Kier alpha value is -2.23. The van der Waals surface area contributed by atoms with E-state index in [1.54, 1.807) is 30.3 Å². The van der Waals surface area contributed by atoms with E-state index in [1.807, 2.05) is 11.8 Å². The number of thiophene rings is 1. The fourth-order valence-electron chi connectivity index (χ4n) is 3.34. The second-order valence-corrected chi connectivity index (χ2v) is 8.69. The number of amidine groups is 1. The van der Waals surface area contributed by atoms with E-state index in [0.29, 0.717) is 28.6 Å². The van der Waals surface area contributed by atoms with Crippen LogP contribution in [0, 0.1) is 6.92 Å². The number of hydrogen-bond acceptors (Lipinski definition) is 7. The second-order valence-electron chi connectivity index (χ2n) is 6.38. The minimum Gasteiger partial charge on any atom is -0.374 e. The van der Waals surface area contributed by atoms with Crippen molar-refractivity contribution in [1.29, 1.82) is 0 Å². The fraction of sp³-hybridized carbons (Fsp3) is 0.294. The molecule has 0 aliphatic carbocycles. The van der Waals surface area contributed by atoms with Crippen LogP contribution in [0.2, 0.25) is 0 Å². The maximum Gasteiger partial charge on any atom is 0.224 e. The first kappa shape index (κ1) is 17.2. The first-order valence-corrected chi connectivity index (χ1v) is 9.98. The summed E-state index contributed by atoms with van der Waals surface area (Å²) in [7, 11) is -1.23. The van der Waals surface area contributed by atoms with Gasteiger partial charge in [-0.1, -0.05) is 0 Å². The second kappa shape index (κ2) is 5.90. The van der Waals surface area contributed by atoms with Crippen LogP contribution < -0.4 is 9.21 Å². The molecule has 2 aromatic rings. The number of hydrogen-bond donors (Lipinski definition) is 2. The highest BCUT2D eigenvalue weighted by atomic mass is 32.2. The third-order valence-corrected chi connectivity index (χ3v) is 6.43. The Labute approximate surface area is 156 Å². The molecule has 1 fully saturated rings. The van der Waals surface area contributed by atoms with Crippen molar-refractivity contribution in [2.24, 2.45) is 4.99 Å². The number of benzene rings is 1. The van der Waals surface area contributed by atoms with Crippen LogP contribution in [0.5, 0.6) is 0 Å². The third kappa shape index (κ3) is 2.46. The Morgan fingerprint density at radius 3 is 2.65 bits per heavy atom. The summed E-state index contributed by atoms with van der Waals surface area (Å²) in [5.74, 6) is 0.0388. The van der Waals surface area contributed by atoms with Crippen LogP contribution in [0.3, 0.4) is 0 Å². The molecular formula is C17H17N3O4S2. The Balaban J connectivity index is 1.73. The van der Waals surface area contributed by atoms with Crippen LogP contribution >= 0.6 is 11.3 Å². The minimum absolute atomic E-state index is 0.271. The molecule has 1 aromatic heterocycles. The zero-order valence-electron chi connectivity index (χ0n) is 14.2. The number of anilines is 2. The van der Waals surface area contributed by atoms with Gasteiger partial charge in [0.25, 0.3) is 0 Å². The van der Waals surface area contributed by atoms with Crippen LogP contribution in [-0.4, -0.2) is 44.3 Å². The first-order chi connectivity index (χ1) is 12.3. The highest BCUT2D eigenvalue weighted by Crippen LogP contribution is 2.43. The smallest absolute Gasteiger partial charge is 0.224 e. The number of ketones is 1. The Kier molecular flexibility index (Phi) is 3.90. The molecule has 136 valence electrons. The number of nitrogens with zero attached hydrogens (tertiary/aromatic N) is 3. The lowest BCUT2D eigenvalue weighted by Gasteiger charge is -2.28. The lowest BCUT2D eigenvalue weighted by atomic mass is 9.90. The quantitative estimate of drug-likeness (QED) is 0.780. The van der Waals surface area contributed by atoms with Crippen LogP contribution in [0.25, 0.3) is 0 Å². The van der Waals surface area contributed by atoms with Gasteiger partial charge in [-0.05, 0) is 37.3 Å². The number of aliphatic hydroxyl groups is 1. The lowest BCUT2D eigenvalue weighted by molar-refractivity contribution is 0.0603. The number of thiol groups is 1. The summed E-state index contributed by atoms with van der Waals surface area (Å²) < 4.78 is 23.3. The van der Waals surface area contributed by atoms with E-state index in [9.17, 15) is 18.3 Å². The van der Waals surface area contributed by atoms with E-state index in [0.717, 1.165) is 14.9 Å². The SMILES string of the molecule is Cc1cc2c(s1)N=C1N(c3ccc(N(C)[SH](=O)=O)cc3)CCC1(O)C2=O. The standard InChI is InChI=1S/C17H17N3O4S2/c1-10-9-13-14(21)17(22)7-8-20(16(17)18-15(13)25-10)12-5-3-11(4-6-12)19(2)26(23)24/h3-6,9,22,26H,7-8H2,1-2H3. The topological polar surface area (TPSA) is 90.3 Å². The molecule has 0 saturated carbocycles. The average molecular weight is 391 g/mol. The van der Waals surface area contributed by atoms with E-state index in [1.165, 1.54) is 18.4 Å². The van der Waals surface area contributed by atoms with E-state index in [4.69, 9.17) is 0 Å². The molecule has 3 heterocycles. The van der Waals surface area contributed by atoms with Crippen LogP contribution in [-0.2, 0) is 10.9 Å². The number of aliphatic imine (C=N–C) groups is 1. The summed E-state index contributed by atoms with van der Waals surface area (Å²) in [6, 6.07) is 8.67. The molecule has 0 amide bonds. The van der Waals surface area contributed by atoms with Gasteiger partial charge in [-0.3, -0.25) is 9.10 Å². The molecule has 2 aliphatic heterocycles. The van der Waals surface area contributed by atoms with Crippen molar-refractivity contribution < 1.29 is 18.3 Å². The number of aryl methyl sites for hydroxylation is 1. The average Bonchev–Trinajstić information content (AvgIpc) is 3.15. The summed E-state index contributed by atoms with van der Waals surface area (Å²) >= 11 is 1.43. The van der Waals surface area contributed by atoms with Crippen LogP contribution in [0.4, 0.5) is 16.4 Å². The van der Waals surface area contributed by atoms with Gasteiger partial charge in [-0.2, -0.15) is 0 Å². The van der Waals surface area contributed by atoms with Crippen molar-refractivity contribution in [3.63, 3.8) is 0 Å². The zero-order valence-corrected chi connectivity index (χ0v) is 15.9. The summed E-state index contributed by atoms with van der Waals surface area (Å²) in [5.41, 5.74) is 0.172. The number of Topliss-reactive ketones (excluding diaryl/α,β-unsaturated/α-hetero) is 1. The molecule has 1 N–H and O–H groups in total. The van der Waals surface area contributed by atoms with Gasteiger partial charge >= 0.3 is 0 Å². The van der Waals surface area contributed by atoms with E-state index >= 15 is 0 Å². The first-order valence-electron chi connectivity index (χ1n) is 8.03. The predicted molar refractivity (Wildman–Crippen MR) is 103 cm³/mol. The summed E-state index contributed by atoms with van der Waals surface area (Å²) in [6.07, 6.45) is 0.271. The number of rotatable bonds is 3. The van der Waals surface area contributed by atoms with E-state index in [-0.39, 0.29) is 12.2 Å². The van der Waals surface area contributed by atoms with E-state index < -0.39 is 16.5 Å². The number of carbonyl (C=O) groups is 1. The van der Waals surface area contributed by atoms with Crippen LogP contribution in [0.1, 0.15) is 21.7 Å². The summed E-state index contributed by atoms with van der Waals surface area (Å²) in [4.78, 5) is 20.2. The van der Waals surface area contributed by atoms with Crippen molar-refractivity contribution in [2.45, 2.75) is 18.9 Å². The van der Waals surface area contributed by atoms with Crippen molar-refractivity contribution in [3.8, 4) is 0 Å². The molecule has 2 aliphatic rings. The van der Waals surface area contributed by atoms with Gasteiger partial charge < -0.3 is 10.0 Å². The normalized spacial score (nSPS) is 21.6. The van der Waals surface area contributed by atoms with Gasteiger partial charge in [0, 0.05) is 30.6 Å². The van der Waals surface area contributed by atoms with Crippen molar-refractivity contribution in [3.05, 3.63) is 40.8 Å². The minimum atomic E-state index is -2.70. The van der Waals surface area contributed by atoms with Gasteiger partial charge in [0.2, 0.25) is 16.7 Å². The molecule has 1 atom stereocenters. The molecule has 9 heteroatoms. The fourth-order valence-corrected chi connectivity index (χ4v) is 4.54. The van der Waals surface area contributed by atoms with Crippen LogP contribution in [0.15, 0.2) is 35.3 Å². The van der Waals surface area contributed by atoms with Crippen molar-refractivity contribution in [1.82, 2.24) is 0 Å². The highest BCUT2D eigenvalue weighted by Gasteiger charge is 2.52. The van der Waals surface area contributed by atoms with Crippen molar-refractivity contribution >= 4 is 50.2 Å². The highest BCUT2D eigenvalue weighted by molar-refractivity contribution is 7.74. The molecule has 0 radical (unpaired) electrons. The third-order valence-electron chi connectivity index (χ3n) is 4.77. The van der Waals surface area contributed by atoms with Gasteiger partial charge in [-0.15, -0.1) is 11.3 Å². The number of carbonyl (C=O) groups excluding carboxylic acids is 1. The van der Waals surface area contributed by atoms with Crippen molar-refractivity contribution in [2.75, 3.05) is 22.8 Å². The lowest BCUT2D eigenvalue weighted by Crippen LogP contribution is -2.48. The summed E-state index contributed by atoms with van der Waals surface area (Å²) in [6.45, 7) is 2.37. The molecule has 1 aromatic carbocycles. The Bertz CT molecular complexity index is 1000. The van der Waals surface area contributed by atoms with E-state index in [2.05, 4.69) is 4.99 Å². The predicted octanol–water partition coefficient (Wildman–Crippen LogP) is 1.89. The molecule has 0 bridgehead atoms. The van der Waals surface area contributed by atoms with Gasteiger partial charge in [0.1, 0.15) is 5.00 Å². The van der Waals surface area contributed by atoms with Gasteiger partial charge in [-0.25, -0.2) is 13.4 Å². The molecular weight excluding hydrogens is 374 g/mol. The largest absolute Gasteiger partial charge is 0.374 e. The molecule has 1 saturated heterocycles.